The molecule has 1 N–H and O–H groups in total. The summed E-state index contributed by atoms with van der Waals surface area (Å²) in [5, 5.41) is 9.73. The van der Waals surface area contributed by atoms with Crippen molar-refractivity contribution >= 4 is 5.97 Å². The Balaban J connectivity index is 1.91. The molecule has 1 aliphatic heterocycles. The van der Waals surface area contributed by atoms with Gasteiger partial charge < -0.3 is 14.9 Å². The normalized spacial score (nSPS) is 27.6. The van der Waals surface area contributed by atoms with Gasteiger partial charge in [-0.1, -0.05) is 25.7 Å². The fraction of sp³-hybridized carbons (Fsp3) is 0.938. The zero-order chi connectivity index (χ0) is 14.6. The Bertz CT molecular complexity index is 324. The van der Waals surface area contributed by atoms with E-state index in [0.717, 1.165) is 45.3 Å². The summed E-state index contributed by atoms with van der Waals surface area (Å²) in [6, 6.07) is 0. The standard InChI is InChI=1S/C16H30N2O2/c1-17-10-7-14(11-17)12-18(2)13-16(15(19)20)8-5-3-4-6-9-16/h14H,3-13H2,1-2H3,(H,19,20). The fourth-order valence-corrected chi connectivity index (χ4v) is 4.04. The van der Waals surface area contributed by atoms with Crippen molar-refractivity contribution < 1.29 is 9.90 Å². The number of aliphatic carboxylic acids is 1. The Morgan fingerprint density at radius 1 is 1.30 bits per heavy atom. The van der Waals surface area contributed by atoms with Crippen LogP contribution in [0.3, 0.4) is 0 Å². The lowest BCUT2D eigenvalue weighted by molar-refractivity contribution is -0.151. The van der Waals surface area contributed by atoms with Crippen LogP contribution in [0.4, 0.5) is 0 Å². The quantitative estimate of drug-likeness (QED) is 0.786. The number of hydrogen-bond acceptors (Lipinski definition) is 3. The first-order valence-corrected chi connectivity index (χ1v) is 8.12. The molecule has 1 aliphatic carbocycles. The lowest BCUT2D eigenvalue weighted by Crippen LogP contribution is -2.43. The summed E-state index contributed by atoms with van der Waals surface area (Å²) < 4.78 is 0. The van der Waals surface area contributed by atoms with E-state index in [0.29, 0.717) is 5.92 Å². The third-order valence-electron chi connectivity index (χ3n) is 5.15. The number of carbonyl (C=O) groups is 1. The van der Waals surface area contributed by atoms with Crippen LogP contribution in [0.25, 0.3) is 0 Å². The van der Waals surface area contributed by atoms with Crippen LogP contribution < -0.4 is 0 Å². The second-order valence-corrected chi connectivity index (χ2v) is 7.11. The summed E-state index contributed by atoms with van der Waals surface area (Å²) in [7, 11) is 4.28. The van der Waals surface area contributed by atoms with Crippen molar-refractivity contribution in [2.24, 2.45) is 11.3 Å². The average Bonchev–Trinajstić information content (AvgIpc) is 2.64. The summed E-state index contributed by atoms with van der Waals surface area (Å²) in [5.74, 6) is 0.136. The molecular weight excluding hydrogens is 252 g/mol. The van der Waals surface area contributed by atoms with E-state index in [2.05, 4.69) is 23.9 Å². The molecule has 1 atom stereocenters. The van der Waals surface area contributed by atoms with Crippen molar-refractivity contribution in [1.29, 1.82) is 0 Å². The van der Waals surface area contributed by atoms with E-state index in [1.165, 1.54) is 25.8 Å². The molecule has 0 aromatic rings. The largest absolute Gasteiger partial charge is 0.481 e. The van der Waals surface area contributed by atoms with Crippen LogP contribution in [0.2, 0.25) is 0 Å². The van der Waals surface area contributed by atoms with Gasteiger partial charge in [0.05, 0.1) is 5.41 Å². The van der Waals surface area contributed by atoms with Gasteiger partial charge in [-0.3, -0.25) is 4.79 Å². The molecule has 0 aromatic carbocycles. The molecule has 0 bridgehead atoms. The number of likely N-dealkylation sites (tertiary alicyclic amines) is 1. The molecular formula is C16H30N2O2. The molecule has 2 aliphatic rings. The molecule has 0 aromatic heterocycles. The summed E-state index contributed by atoms with van der Waals surface area (Å²) >= 11 is 0. The highest BCUT2D eigenvalue weighted by molar-refractivity contribution is 5.75. The Hall–Kier alpha value is -0.610. The predicted molar refractivity (Wildman–Crippen MR) is 80.9 cm³/mol. The van der Waals surface area contributed by atoms with E-state index in [9.17, 15) is 9.90 Å². The second-order valence-electron chi connectivity index (χ2n) is 7.11. The first-order valence-electron chi connectivity index (χ1n) is 8.12. The van der Waals surface area contributed by atoms with E-state index >= 15 is 0 Å². The van der Waals surface area contributed by atoms with E-state index in [1.807, 2.05) is 0 Å². The van der Waals surface area contributed by atoms with Gasteiger partial charge in [-0.05, 0) is 45.8 Å². The van der Waals surface area contributed by atoms with Crippen molar-refractivity contribution in [2.75, 3.05) is 40.3 Å². The Morgan fingerprint density at radius 3 is 2.45 bits per heavy atom. The van der Waals surface area contributed by atoms with Gasteiger partial charge in [0.2, 0.25) is 0 Å². The molecule has 4 heteroatoms. The summed E-state index contributed by atoms with van der Waals surface area (Å²) in [5.41, 5.74) is -0.490. The lowest BCUT2D eigenvalue weighted by Gasteiger charge is -2.33. The lowest BCUT2D eigenvalue weighted by atomic mass is 9.80. The van der Waals surface area contributed by atoms with Crippen molar-refractivity contribution in [3.63, 3.8) is 0 Å². The smallest absolute Gasteiger partial charge is 0.310 e. The predicted octanol–water partition coefficient (Wildman–Crippen LogP) is 2.30. The molecule has 2 fully saturated rings. The maximum absolute atomic E-state index is 11.8. The van der Waals surface area contributed by atoms with E-state index in [1.54, 1.807) is 0 Å². The minimum Gasteiger partial charge on any atom is -0.481 e. The minimum atomic E-state index is -0.574. The third kappa shape index (κ3) is 3.95. The van der Waals surface area contributed by atoms with Gasteiger partial charge in [0.25, 0.3) is 0 Å². The molecule has 1 heterocycles. The van der Waals surface area contributed by atoms with Gasteiger partial charge in [0.15, 0.2) is 0 Å². The molecule has 2 rings (SSSR count). The summed E-state index contributed by atoms with van der Waals surface area (Å²) in [6.45, 7) is 4.11. The highest BCUT2D eigenvalue weighted by atomic mass is 16.4. The summed E-state index contributed by atoms with van der Waals surface area (Å²) in [4.78, 5) is 16.5. The number of carboxylic acid groups (broad SMARTS) is 1. The Labute approximate surface area is 123 Å². The molecule has 1 saturated carbocycles. The van der Waals surface area contributed by atoms with Crippen LogP contribution in [-0.4, -0.2) is 61.2 Å². The molecule has 4 nitrogen and oxygen atoms in total. The summed E-state index contributed by atoms with van der Waals surface area (Å²) in [6.07, 6.45) is 7.52. The monoisotopic (exact) mass is 282 g/mol. The molecule has 0 amide bonds. The van der Waals surface area contributed by atoms with Gasteiger partial charge in [-0.2, -0.15) is 0 Å². The number of rotatable bonds is 5. The van der Waals surface area contributed by atoms with Crippen LogP contribution in [0.5, 0.6) is 0 Å². The molecule has 116 valence electrons. The molecule has 0 spiro atoms. The number of carboxylic acids is 1. The van der Waals surface area contributed by atoms with Gasteiger partial charge in [0, 0.05) is 19.6 Å². The van der Waals surface area contributed by atoms with Crippen molar-refractivity contribution in [3.8, 4) is 0 Å². The van der Waals surface area contributed by atoms with Gasteiger partial charge >= 0.3 is 5.97 Å². The van der Waals surface area contributed by atoms with Crippen LogP contribution in [0, 0.1) is 11.3 Å². The third-order valence-corrected chi connectivity index (χ3v) is 5.15. The number of hydrogen-bond donors (Lipinski definition) is 1. The van der Waals surface area contributed by atoms with Crippen molar-refractivity contribution in [3.05, 3.63) is 0 Å². The maximum atomic E-state index is 11.8. The van der Waals surface area contributed by atoms with Gasteiger partial charge in [0.1, 0.15) is 0 Å². The highest BCUT2D eigenvalue weighted by Gasteiger charge is 2.39. The van der Waals surface area contributed by atoms with Crippen LogP contribution in [0.1, 0.15) is 44.9 Å². The Kier molecular flexibility index (Phi) is 5.44. The second kappa shape index (κ2) is 6.90. The number of nitrogens with zero attached hydrogens (tertiary/aromatic N) is 2. The van der Waals surface area contributed by atoms with Crippen molar-refractivity contribution in [1.82, 2.24) is 9.80 Å². The van der Waals surface area contributed by atoms with E-state index in [4.69, 9.17) is 0 Å². The first kappa shape index (κ1) is 15.8. The van der Waals surface area contributed by atoms with Crippen LogP contribution >= 0.6 is 0 Å². The van der Waals surface area contributed by atoms with E-state index < -0.39 is 11.4 Å². The van der Waals surface area contributed by atoms with Crippen LogP contribution in [-0.2, 0) is 4.79 Å². The molecule has 1 unspecified atom stereocenters. The topological polar surface area (TPSA) is 43.8 Å². The van der Waals surface area contributed by atoms with Gasteiger partial charge in [-0.25, -0.2) is 0 Å². The van der Waals surface area contributed by atoms with Gasteiger partial charge in [-0.15, -0.1) is 0 Å². The maximum Gasteiger partial charge on any atom is 0.310 e. The average molecular weight is 282 g/mol. The SMILES string of the molecule is CN1CCC(CN(C)CC2(C(=O)O)CCCCCC2)C1. The Morgan fingerprint density at radius 2 is 1.95 bits per heavy atom. The van der Waals surface area contributed by atoms with E-state index in [-0.39, 0.29) is 0 Å². The minimum absolute atomic E-state index is 0.490. The van der Waals surface area contributed by atoms with Crippen molar-refractivity contribution in [2.45, 2.75) is 44.9 Å². The molecule has 0 radical (unpaired) electrons. The molecule has 1 saturated heterocycles. The van der Waals surface area contributed by atoms with Crippen LogP contribution in [0.15, 0.2) is 0 Å². The zero-order valence-electron chi connectivity index (χ0n) is 13.1. The zero-order valence-corrected chi connectivity index (χ0v) is 13.1. The first-order chi connectivity index (χ1) is 9.52. The fourth-order valence-electron chi connectivity index (χ4n) is 4.04. The highest BCUT2D eigenvalue weighted by Crippen LogP contribution is 2.36. The molecule has 20 heavy (non-hydrogen) atoms.